The van der Waals surface area contributed by atoms with Crippen molar-refractivity contribution in [2.24, 2.45) is 0 Å². The monoisotopic (exact) mass is 597 g/mol. The molecule has 1 atom stereocenters. The number of anilines is 1. The zero-order valence-corrected chi connectivity index (χ0v) is 23.7. The minimum absolute atomic E-state index is 0.0280. The number of hydrogen-bond acceptors (Lipinski definition) is 6. The third-order valence-electron chi connectivity index (χ3n) is 5.78. The number of thioether (sulfide) groups is 1. The average molecular weight is 599 g/mol. The van der Waals surface area contributed by atoms with Gasteiger partial charge in [-0.1, -0.05) is 95.1 Å². The summed E-state index contributed by atoms with van der Waals surface area (Å²) in [7, 11) is 0. The first-order valence-electron chi connectivity index (χ1n) is 11.8. The highest BCUT2D eigenvalue weighted by atomic mass is 35.5. The lowest BCUT2D eigenvalue weighted by atomic mass is 9.81. The first kappa shape index (κ1) is 28.6. The van der Waals surface area contributed by atoms with Gasteiger partial charge < -0.3 is 15.4 Å². The van der Waals surface area contributed by atoms with Crippen molar-refractivity contribution < 1.29 is 14.3 Å². The molecule has 4 rings (SSSR count). The number of ether oxygens (including phenoxy) is 1. The molecule has 1 heterocycles. The number of esters is 1. The van der Waals surface area contributed by atoms with Crippen LogP contribution in [0.25, 0.3) is 5.70 Å². The number of allylic oxidation sites excluding steroid dienone is 1. The van der Waals surface area contributed by atoms with E-state index in [1.54, 1.807) is 49.4 Å². The molecule has 0 aliphatic carbocycles. The Morgan fingerprint density at radius 2 is 1.72 bits per heavy atom. The van der Waals surface area contributed by atoms with Gasteiger partial charge in [0.1, 0.15) is 0 Å². The molecule has 1 amide bonds. The van der Waals surface area contributed by atoms with E-state index in [-0.39, 0.29) is 29.4 Å². The second kappa shape index (κ2) is 13.1. The maximum absolute atomic E-state index is 13.4. The van der Waals surface area contributed by atoms with E-state index in [0.717, 1.165) is 11.8 Å². The minimum atomic E-state index is -0.820. The Bertz CT molecular complexity index is 1520. The van der Waals surface area contributed by atoms with Gasteiger partial charge in [0, 0.05) is 10.7 Å². The summed E-state index contributed by atoms with van der Waals surface area (Å²) in [5.41, 5.74) is 2.77. The van der Waals surface area contributed by atoms with E-state index in [9.17, 15) is 14.9 Å². The van der Waals surface area contributed by atoms with Crippen LogP contribution >= 0.6 is 46.6 Å². The molecule has 0 fully saturated rings. The fourth-order valence-electron chi connectivity index (χ4n) is 4.09. The lowest BCUT2D eigenvalue weighted by molar-refractivity contribution is -0.138. The third kappa shape index (κ3) is 6.60. The summed E-state index contributed by atoms with van der Waals surface area (Å²) >= 11 is 19.8. The molecule has 6 nitrogen and oxygen atoms in total. The van der Waals surface area contributed by atoms with Crippen molar-refractivity contribution >= 4 is 69.8 Å². The van der Waals surface area contributed by atoms with Crippen LogP contribution in [0.4, 0.5) is 5.69 Å². The van der Waals surface area contributed by atoms with Crippen LogP contribution in [0.3, 0.4) is 0 Å². The summed E-state index contributed by atoms with van der Waals surface area (Å²) in [5, 5.41) is 17.9. The fourth-order valence-corrected chi connectivity index (χ4v) is 5.47. The standard InChI is InChI=1S/C29H22Cl3N3O3S/c1-2-38-29(37)26-25(19-10-6-7-11-21(19)30)20(15-33)28(35-27(26)17-8-4-3-5-9-17)39-16-24(36)34-18-12-13-22(31)23(32)14-18/h3-14,25,35H,2,16H2,1H3,(H,34,36). The van der Waals surface area contributed by atoms with E-state index < -0.39 is 11.9 Å². The highest BCUT2D eigenvalue weighted by Gasteiger charge is 2.38. The lowest BCUT2D eigenvalue weighted by Crippen LogP contribution is -2.30. The smallest absolute Gasteiger partial charge is 0.337 e. The Morgan fingerprint density at radius 3 is 2.38 bits per heavy atom. The number of benzene rings is 3. The van der Waals surface area contributed by atoms with Crippen LogP contribution in [-0.4, -0.2) is 24.2 Å². The maximum atomic E-state index is 13.4. The number of amides is 1. The molecule has 2 N–H and O–H groups in total. The number of halogens is 3. The molecule has 0 aromatic heterocycles. The SMILES string of the molecule is CCOC(=O)C1=C(c2ccccc2)NC(SCC(=O)Nc2ccc(Cl)c(Cl)c2)=C(C#N)C1c1ccccc1Cl. The molecule has 1 aliphatic rings. The summed E-state index contributed by atoms with van der Waals surface area (Å²) < 4.78 is 5.43. The largest absolute Gasteiger partial charge is 0.463 e. The van der Waals surface area contributed by atoms with Gasteiger partial charge in [-0.15, -0.1) is 0 Å². The Kier molecular flexibility index (Phi) is 9.60. The van der Waals surface area contributed by atoms with Crippen molar-refractivity contribution in [3.63, 3.8) is 0 Å². The summed E-state index contributed by atoms with van der Waals surface area (Å²) in [5.74, 6) is -1.73. The van der Waals surface area contributed by atoms with Gasteiger partial charge in [-0.25, -0.2) is 4.79 Å². The van der Waals surface area contributed by atoms with Gasteiger partial charge in [-0.3, -0.25) is 4.79 Å². The van der Waals surface area contributed by atoms with E-state index in [1.807, 2.05) is 30.3 Å². The number of carbonyl (C=O) groups is 2. The van der Waals surface area contributed by atoms with Crippen molar-refractivity contribution in [1.29, 1.82) is 5.26 Å². The maximum Gasteiger partial charge on any atom is 0.337 e. The van der Waals surface area contributed by atoms with Crippen molar-refractivity contribution in [2.75, 3.05) is 17.7 Å². The number of hydrogen-bond donors (Lipinski definition) is 2. The summed E-state index contributed by atoms with van der Waals surface area (Å²) in [6, 6.07) is 23.3. The summed E-state index contributed by atoms with van der Waals surface area (Å²) in [4.78, 5) is 26.2. The molecule has 0 bridgehead atoms. The van der Waals surface area contributed by atoms with Crippen molar-refractivity contribution in [3.05, 3.63) is 115 Å². The van der Waals surface area contributed by atoms with E-state index in [0.29, 0.717) is 42.6 Å². The van der Waals surface area contributed by atoms with Gasteiger partial charge in [-0.2, -0.15) is 5.26 Å². The molecule has 1 unspecified atom stereocenters. The average Bonchev–Trinajstić information content (AvgIpc) is 2.94. The van der Waals surface area contributed by atoms with Crippen LogP contribution in [0, 0.1) is 11.3 Å². The highest BCUT2D eigenvalue weighted by Crippen LogP contribution is 2.45. The van der Waals surface area contributed by atoms with Crippen molar-refractivity contribution in [1.82, 2.24) is 5.32 Å². The number of nitrogens with one attached hydrogen (secondary N) is 2. The Labute approximate surface area is 245 Å². The zero-order valence-electron chi connectivity index (χ0n) is 20.6. The quantitative estimate of drug-likeness (QED) is 0.262. The Balaban J connectivity index is 1.76. The van der Waals surface area contributed by atoms with Crippen LogP contribution in [-0.2, 0) is 14.3 Å². The number of carbonyl (C=O) groups excluding carboxylic acids is 2. The Hall–Kier alpha value is -3.41. The predicted molar refractivity (Wildman–Crippen MR) is 158 cm³/mol. The first-order valence-corrected chi connectivity index (χ1v) is 14.0. The van der Waals surface area contributed by atoms with Crippen LogP contribution < -0.4 is 10.6 Å². The molecule has 39 heavy (non-hydrogen) atoms. The lowest BCUT2D eigenvalue weighted by Gasteiger charge is -2.31. The molecule has 0 saturated carbocycles. The molecule has 0 spiro atoms. The zero-order chi connectivity index (χ0) is 27.9. The Morgan fingerprint density at radius 1 is 1.00 bits per heavy atom. The first-order chi connectivity index (χ1) is 18.8. The van der Waals surface area contributed by atoms with Gasteiger partial charge in [-0.05, 0) is 42.3 Å². The van der Waals surface area contributed by atoms with Gasteiger partial charge in [0.25, 0.3) is 0 Å². The number of rotatable bonds is 8. The molecule has 10 heteroatoms. The number of dihydropyridines is 1. The summed E-state index contributed by atoms with van der Waals surface area (Å²) in [6.45, 7) is 1.87. The molecule has 3 aromatic carbocycles. The van der Waals surface area contributed by atoms with Gasteiger partial charge in [0.2, 0.25) is 5.91 Å². The number of nitrogens with zero attached hydrogens (tertiary/aromatic N) is 1. The second-order valence-corrected chi connectivity index (χ2v) is 10.5. The van der Waals surface area contributed by atoms with E-state index in [2.05, 4.69) is 16.7 Å². The van der Waals surface area contributed by atoms with E-state index in [1.165, 1.54) is 0 Å². The van der Waals surface area contributed by atoms with Crippen LogP contribution in [0.15, 0.2) is 89.0 Å². The summed E-state index contributed by atoms with van der Waals surface area (Å²) in [6.07, 6.45) is 0. The molecular weight excluding hydrogens is 577 g/mol. The number of nitriles is 1. The second-order valence-electron chi connectivity index (χ2n) is 8.28. The highest BCUT2D eigenvalue weighted by molar-refractivity contribution is 8.03. The van der Waals surface area contributed by atoms with Crippen molar-refractivity contribution in [2.45, 2.75) is 12.8 Å². The van der Waals surface area contributed by atoms with Gasteiger partial charge in [0.15, 0.2) is 0 Å². The molecule has 0 saturated heterocycles. The van der Waals surface area contributed by atoms with E-state index >= 15 is 0 Å². The topological polar surface area (TPSA) is 91.2 Å². The molecule has 3 aromatic rings. The molecular formula is C29H22Cl3N3O3S. The van der Waals surface area contributed by atoms with Gasteiger partial charge >= 0.3 is 5.97 Å². The molecule has 198 valence electrons. The molecule has 1 aliphatic heterocycles. The van der Waals surface area contributed by atoms with Crippen LogP contribution in [0.1, 0.15) is 24.0 Å². The molecule has 0 radical (unpaired) electrons. The minimum Gasteiger partial charge on any atom is -0.463 e. The van der Waals surface area contributed by atoms with Crippen LogP contribution in [0.5, 0.6) is 0 Å². The third-order valence-corrected chi connectivity index (χ3v) is 7.88. The van der Waals surface area contributed by atoms with Crippen molar-refractivity contribution in [3.8, 4) is 6.07 Å². The predicted octanol–water partition coefficient (Wildman–Crippen LogP) is 7.42. The van der Waals surface area contributed by atoms with E-state index in [4.69, 9.17) is 39.5 Å². The normalized spacial score (nSPS) is 14.9. The fraction of sp³-hybridized carbons (Fsp3) is 0.138. The van der Waals surface area contributed by atoms with Crippen LogP contribution in [0.2, 0.25) is 15.1 Å². The van der Waals surface area contributed by atoms with Gasteiger partial charge in [0.05, 0.1) is 56.3 Å².